The van der Waals surface area contributed by atoms with Crippen LogP contribution in [0.15, 0.2) is 0 Å². The Morgan fingerprint density at radius 3 is 1.58 bits per heavy atom. The lowest BCUT2D eigenvalue weighted by Gasteiger charge is -2.23. The summed E-state index contributed by atoms with van der Waals surface area (Å²) in [5.74, 6) is -0.634. The molecule has 0 aromatic rings. The first-order valence-corrected chi connectivity index (χ1v) is 15.0. The number of carbonyl (C=O) groups excluding carboxylic acids is 2. The molecule has 6 nitrogen and oxygen atoms in total. The van der Waals surface area contributed by atoms with Gasteiger partial charge in [0.05, 0.1) is 40.7 Å². The van der Waals surface area contributed by atoms with Crippen molar-refractivity contribution in [3.63, 3.8) is 0 Å². The predicted octanol–water partition coefficient (Wildman–Crippen LogP) is 7.23. The van der Waals surface area contributed by atoms with E-state index in [9.17, 15) is 9.59 Å². The van der Waals surface area contributed by atoms with Crippen LogP contribution in [-0.2, 0) is 23.8 Å². The predicted molar refractivity (Wildman–Crippen MR) is 149 cm³/mol. The van der Waals surface area contributed by atoms with E-state index in [1.807, 2.05) is 0 Å². The largest absolute Gasteiger partial charge is 0.462 e. The minimum absolute atomic E-state index is 0.0573. The van der Waals surface area contributed by atoms with E-state index in [0.717, 1.165) is 30.3 Å². The Balaban J connectivity index is 3.59. The fourth-order valence-corrected chi connectivity index (χ4v) is 4.27. The minimum atomic E-state index is -0.536. The second kappa shape index (κ2) is 24.2. The lowest BCUT2D eigenvalue weighted by atomic mass is 10.0. The summed E-state index contributed by atoms with van der Waals surface area (Å²) in [5, 5.41) is 0. The van der Waals surface area contributed by atoms with E-state index in [1.54, 1.807) is 0 Å². The number of carbonyl (C=O) groups is 2. The summed E-state index contributed by atoms with van der Waals surface area (Å²) in [6, 6.07) is 0. The number of esters is 2. The van der Waals surface area contributed by atoms with Gasteiger partial charge >= 0.3 is 11.9 Å². The van der Waals surface area contributed by atoms with Gasteiger partial charge in [0.15, 0.2) is 6.10 Å². The molecule has 1 unspecified atom stereocenters. The van der Waals surface area contributed by atoms with Crippen LogP contribution in [0, 0.1) is 0 Å². The maximum Gasteiger partial charge on any atom is 0.306 e. The van der Waals surface area contributed by atoms with Crippen molar-refractivity contribution in [1.29, 1.82) is 0 Å². The number of hydrogen-bond donors (Lipinski definition) is 0. The first-order valence-electron chi connectivity index (χ1n) is 15.0. The average Bonchev–Trinajstić information content (AvgIpc) is 2.80. The van der Waals surface area contributed by atoms with Crippen molar-refractivity contribution in [2.45, 2.75) is 136 Å². The molecule has 1 atom stereocenters. The van der Waals surface area contributed by atoms with Gasteiger partial charge in [-0.25, -0.2) is 0 Å². The standard InChI is InChI=1S/C30H60NO5/c1-6-7-8-9-10-11-12-13-14-15-16-17-18-19-20-21-25-34-26-29(36-28(2)32)27-35-30(33)23-22-24-31(3,4)5/h29H,6-27H2,1-5H3/q+1. The Hall–Kier alpha value is -1.14. The van der Waals surface area contributed by atoms with Crippen molar-refractivity contribution in [2.75, 3.05) is 47.5 Å². The van der Waals surface area contributed by atoms with Crippen LogP contribution in [-0.4, -0.2) is 70.0 Å². The lowest BCUT2D eigenvalue weighted by molar-refractivity contribution is -0.870. The molecule has 0 aliphatic carbocycles. The summed E-state index contributed by atoms with van der Waals surface area (Å²) in [6.45, 7) is 5.52. The quantitative estimate of drug-likeness (QED) is 0.0692. The third kappa shape index (κ3) is 27.4. The Kier molecular flexibility index (Phi) is 23.4. The van der Waals surface area contributed by atoms with Crippen LogP contribution in [0.25, 0.3) is 0 Å². The third-order valence-electron chi connectivity index (χ3n) is 6.42. The van der Waals surface area contributed by atoms with E-state index in [4.69, 9.17) is 14.2 Å². The summed E-state index contributed by atoms with van der Waals surface area (Å²) < 4.78 is 17.1. The monoisotopic (exact) mass is 514 g/mol. The molecule has 0 radical (unpaired) electrons. The summed E-state index contributed by atoms with van der Waals surface area (Å²) in [4.78, 5) is 23.3. The Labute approximate surface area is 223 Å². The molecule has 0 aromatic heterocycles. The van der Waals surface area contributed by atoms with Crippen molar-refractivity contribution in [3.05, 3.63) is 0 Å². The lowest BCUT2D eigenvalue weighted by Crippen LogP contribution is -2.35. The summed E-state index contributed by atoms with van der Waals surface area (Å²) in [7, 11) is 6.29. The van der Waals surface area contributed by atoms with E-state index in [1.165, 1.54) is 96.8 Å². The Morgan fingerprint density at radius 2 is 1.14 bits per heavy atom. The van der Waals surface area contributed by atoms with Gasteiger partial charge in [-0.1, -0.05) is 103 Å². The molecule has 214 valence electrons. The zero-order valence-corrected chi connectivity index (χ0v) is 24.6. The van der Waals surface area contributed by atoms with Crippen molar-refractivity contribution in [1.82, 2.24) is 0 Å². The molecule has 0 aromatic carbocycles. The Morgan fingerprint density at radius 1 is 0.667 bits per heavy atom. The van der Waals surface area contributed by atoms with E-state index in [0.29, 0.717) is 13.0 Å². The molecule has 0 aliphatic heterocycles. The summed E-state index contributed by atoms with van der Waals surface area (Å²) in [5.41, 5.74) is 0. The van der Waals surface area contributed by atoms with Crippen LogP contribution in [0.5, 0.6) is 0 Å². The van der Waals surface area contributed by atoms with Crippen LogP contribution >= 0.6 is 0 Å². The van der Waals surface area contributed by atoms with Gasteiger partial charge < -0.3 is 18.7 Å². The van der Waals surface area contributed by atoms with E-state index in [2.05, 4.69) is 28.1 Å². The van der Waals surface area contributed by atoms with Crippen molar-refractivity contribution >= 4 is 11.9 Å². The first-order chi connectivity index (χ1) is 17.2. The van der Waals surface area contributed by atoms with Gasteiger partial charge in [0.1, 0.15) is 6.61 Å². The minimum Gasteiger partial charge on any atom is -0.462 e. The first kappa shape index (κ1) is 34.9. The Bertz CT molecular complexity index is 518. The highest BCUT2D eigenvalue weighted by atomic mass is 16.6. The van der Waals surface area contributed by atoms with Crippen molar-refractivity contribution in [2.24, 2.45) is 0 Å². The second-order valence-electron chi connectivity index (χ2n) is 11.4. The van der Waals surface area contributed by atoms with Crippen LogP contribution in [0.4, 0.5) is 0 Å². The summed E-state index contributed by atoms with van der Waals surface area (Å²) >= 11 is 0. The maximum absolute atomic E-state index is 12.0. The molecule has 36 heavy (non-hydrogen) atoms. The smallest absolute Gasteiger partial charge is 0.306 e. The van der Waals surface area contributed by atoms with Crippen molar-refractivity contribution in [3.8, 4) is 0 Å². The summed E-state index contributed by atoms with van der Waals surface area (Å²) in [6.07, 6.45) is 22.1. The number of unbranched alkanes of at least 4 members (excludes halogenated alkanes) is 15. The zero-order valence-electron chi connectivity index (χ0n) is 24.6. The van der Waals surface area contributed by atoms with E-state index >= 15 is 0 Å². The number of hydrogen-bond acceptors (Lipinski definition) is 5. The fourth-order valence-electron chi connectivity index (χ4n) is 4.27. The zero-order chi connectivity index (χ0) is 26.9. The number of quaternary nitrogens is 1. The van der Waals surface area contributed by atoms with Crippen LogP contribution in [0.2, 0.25) is 0 Å². The molecular weight excluding hydrogens is 454 g/mol. The molecule has 0 spiro atoms. The molecular formula is C30H60NO5+. The molecule has 0 bridgehead atoms. The third-order valence-corrected chi connectivity index (χ3v) is 6.42. The molecule has 0 heterocycles. The molecule has 0 saturated heterocycles. The van der Waals surface area contributed by atoms with E-state index < -0.39 is 6.10 Å². The highest BCUT2D eigenvalue weighted by Gasteiger charge is 2.16. The van der Waals surface area contributed by atoms with Crippen LogP contribution in [0.1, 0.15) is 129 Å². The molecule has 6 heteroatoms. The van der Waals surface area contributed by atoms with Gasteiger partial charge in [-0.3, -0.25) is 9.59 Å². The molecule has 0 amide bonds. The molecule has 0 fully saturated rings. The molecule has 0 rings (SSSR count). The van der Waals surface area contributed by atoms with Crippen LogP contribution < -0.4 is 0 Å². The highest BCUT2D eigenvalue weighted by molar-refractivity contribution is 5.69. The van der Waals surface area contributed by atoms with Gasteiger partial charge in [0.2, 0.25) is 0 Å². The number of nitrogens with zero attached hydrogens (tertiary/aromatic N) is 1. The maximum atomic E-state index is 12.0. The number of rotatable bonds is 26. The van der Waals surface area contributed by atoms with Gasteiger partial charge in [0.25, 0.3) is 0 Å². The second-order valence-corrected chi connectivity index (χ2v) is 11.4. The molecule has 0 N–H and O–H groups in total. The van der Waals surface area contributed by atoms with Gasteiger partial charge in [-0.15, -0.1) is 0 Å². The van der Waals surface area contributed by atoms with E-state index in [-0.39, 0.29) is 25.2 Å². The topological polar surface area (TPSA) is 61.8 Å². The molecule has 0 aliphatic rings. The number of ether oxygens (including phenoxy) is 3. The normalized spacial score (nSPS) is 12.5. The molecule has 0 saturated carbocycles. The van der Waals surface area contributed by atoms with Gasteiger partial charge in [-0.2, -0.15) is 0 Å². The SMILES string of the molecule is CCCCCCCCCCCCCCCCCCOCC(COC(=O)CCC[N+](C)(C)C)OC(C)=O. The van der Waals surface area contributed by atoms with Gasteiger partial charge in [-0.05, 0) is 6.42 Å². The van der Waals surface area contributed by atoms with Crippen molar-refractivity contribution < 1.29 is 28.3 Å². The average molecular weight is 515 g/mol. The van der Waals surface area contributed by atoms with Gasteiger partial charge in [0, 0.05) is 20.0 Å². The van der Waals surface area contributed by atoms with Crippen LogP contribution in [0.3, 0.4) is 0 Å². The fraction of sp³-hybridized carbons (Fsp3) is 0.933. The highest BCUT2D eigenvalue weighted by Crippen LogP contribution is 2.14.